The van der Waals surface area contributed by atoms with Crippen molar-refractivity contribution in [3.05, 3.63) is 22.8 Å². The number of fused-ring (bicyclic) bond motifs is 2. The standard InChI is InChI=1S/C20H28O4/c1-19(2)16-5-4-12-11-24-15(13-7-9-23-18(13)22)10-14(12)20(16,3)8-6-17(19)21/h7,15-17,21H,4-6,8-11H2,1-3H3/t15-,16?,17+,20-/m1/s1. The lowest BCUT2D eigenvalue weighted by Gasteiger charge is -2.58. The van der Waals surface area contributed by atoms with Crippen LogP contribution in [0.1, 0.15) is 52.9 Å². The van der Waals surface area contributed by atoms with E-state index >= 15 is 0 Å². The van der Waals surface area contributed by atoms with Crippen molar-refractivity contribution in [1.82, 2.24) is 0 Å². The van der Waals surface area contributed by atoms with Gasteiger partial charge in [0.2, 0.25) is 0 Å². The lowest BCUT2D eigenvalue weighted by atomic mass is 9.48. The highest BCUT2D eigenvalue weighted by Gasteiger charge is 2.55. The van der Waals surface area contributed by atoms with Crippen molar-refractivity contribution in [2.45, 2.75) is 65.1 Å². The Bertz CT molecular complexity index is 630. The van der Waals surface area contributed by atoms with Crippen LogP contribution in [0.4, 0.5) is 0 Å². The van der Waals surface area contributed by atoms with Crippen LogP contribution >= 0.6 is 0 Å². The average molecular weight is 332 g/mol. The number of carbonyl (C=O) groups is 1. The molecule has 0 radical (unpaired) electrons. The molecule has 1 fully saturated rings. The molecule has 1 unspecified atom stereocenters. The first-order chi connectivity index (χ1) is 11.3. The zero-order valence-corrected chi connectivity index (χ0v) is 14.9. The van der Waals surface area contributed by atoms with Gasteiger partial charge in [0, 0.05) is 0 Å². The van der Waals surface area contributed by atoms with Gasteiger partial charge in [0.15, 0.2) is 0 Å². The van der Waals surface area contributed by atoms with E-state index in [4.69, 9.17) is 9.47 Å². The van der Waals surface area contributed by atoms with E-state index in [1.54, 1.807) is 0 Å². The maximum absolute atomic E-state index is 11.9. The van der Waals surface area contributed by atoms with Gasteiger partial charge in [-0.25, -0.2) is 4.79 Å². The summed E-state index contributed by atoms with van der Waals surface area (Å²) in [5.74, 6) is 0.261. The Morgan fingerprint density at radius 3 is 2.75 bits per heavy atom. The molecule has 24 heavy (non-hydrogen) atoms. The van der Waals surface area contributed by atoms with Gasteiger partial charge in [-0.1, -0.05) is 26.3 Å². The van der Waals surface area contributed by atoms with Crippen LogP contribution in [0.5, 0.6) is 0 Å². The average Bonchev–Trinajstić information content (AvgIpc) is 2.97. The molecule has 0 amide bonds. The van der Waals surface area contributed by atoms with Crippen LogP contribution in [0.25, 0.3) is 0 Å². The van der Waals surface area contributed by atoms with Crippen molar-refractivity contribution in [1.29, 1.82) is 0 Å². The van der Waals surface area contributed by atoms with Crippen LogP contribution in [0.15, 0.2) is 22.8 Å². The maximum atomic E-state index is 11.9. The molecule has 1 N–H and O–H groups in total. The summed E-state index contributed by atoms with van der Waals surface area (Å²) in [5, 5.41) is 10.5. The van der Waals surface area contributed by atoms with Gasteiger partial charge in [-0.15, -0.1) is 0 Å². The second-order valence-corrected chi connectivity index (χ2v) is 8.73. The minimum absolute atomic E-state index is 0.0646. The fourth-order valence-corrected chi connectivity index (χ4v) is 5.78. The summed E-state index contributed by atoms with van der Waals surface area (Å²) in [5.41, 5.74) is 3.67. The normalized spacial score (nSPS) is 41.4. The van der Waals surface area contributed by atoms with Crippen molar-refractivity contribution in [2.75, 3.05) is 13.2 Å². The summed E-state index contributed by atoms with van der Waals surface area (Å²) in [7, 11) is 0. The maximum Gasteiger partial charge on any atom is 0.336 e. The molecule has 2 heterocycles. The molecule has 4 nitrogen and oxygen atoms in total. The third-order valence-corrected chi connectivity index (χ3v) is 7.26. The first-order valence-corrected chi connectivity index (χ1v) is 9.22. The highest BCUT2D eigenvalue weighted by Crippen LogP contribution is 2.61. The Labute approximate surface area is 143 Å². The van der Waals surface area contributed by atoms with E-state index in [1.807, 2.05) is 6.08 Å². The number of aliphatic hydroxyl groups excluding tert-OH is 1. The Morgan fingerprint density at radius 2 is 2.04 bits per heavy atom. The van der Waals surface area contributed by atoms with Crippen LogP contribution < -0.4 is 0 Å². The van der Waals surface area contributed by atoms with Gasteiger partial charge in [-0.3, -0.25) is 0 Å². The fourth-order valence-electron chi connectivity index (χ4n) is 5.78. The zero-order valence-electron chi connectivity index (χ0n) is 14.9. The molecule has 4 rings (SSSR count). The van der Waals surface area contributed by atoms with Gasteiger partial charge >= 0.3 is 5.97 Å². The molecule has 0 aromatic rings. The van der Waals surface area contributed by atoms with E-state index in [0.717, 1.165) is 32.1 Å². The van der Waals surface area contributed by atoms with Gasteiger partial charge in [0.05, 0.1) is 24.4 Å². The Hall–Kier alpha value is -1.13. The number of aliphatic hydroxyl groups is 1. The molecular weight excluding hydrogens is 304 g/mol. The lowest BCUT2D eigenvalue weighted by molar-refractivity contribution is -0.137. The molecule has 0 aromatic carbocycles. The second kappa shape index (κ2) is 5.43. The largest absolute Gasteiger partial charge is 0.458 e. The number of hydrogen-bond donors (Lipinski definition) is 1. The Morgan fingerprint density at radius 1 is 1.25 bits per heavy atom. The molecule has 0 aromatic heterocycles. The molecule has 132 valence electrons. The first-order valence-electron chi connectivity index (χ1n) is 9.22. The number of cyclic esters (lactones) is 1. The van der Waals surface area contributed by atoms with Crippen LogP contribution in [-0.2, 0) is 14.3 Å². The van der Waals surface area contributed by atoms with Crippen LogP contribution in [0.2, 0.25) is 0 Å². The van der Waals surface area contributed by atoms with Gasteiger partial charge in [0.1, 0.15) is 6.61 Å². The zero-order chi connectivity index (χ0) is 17.1. The van der Waals surface area contributed by atoms with E-state index in [0.29, 0.717) is 24.7 Å². The molecule has 0 bridgehead atoms. The van der Waals surface area contributed by atoms with Crippen molar-refractivity contribution in [3.8, 4) is 0 Å². The molecule has 2 aliphatic heterocycles. The smallest absolute Gasteiger partial charge is 0.336 e. The molecular formula is C20H28O4. The van der Waals surface area contributed by atoms with Gasteiger partial charge < -0.3 is 14.6 Å². The van der Waals surface area contributed by atoms with Crippen molar-refractivity contribution in [2.24, 2.45) is 16.7 Å². The van der Waals surface area contributed by atoms with Crippen molar-refractivity contribution >= 4 is 5.97 Å². The summed E-state index contributed by atoms with van der Waals surface area (Å²) < 4.78 is 11.1. The quantitative estimate of drug-likeness (QED) is 0.592. The number of hydrogen-bond acceptors (Lipinski definition) is 4. The number of rotatable bonds is 1. The summed E-state index contributed by atoms with van der Waals surface area (Å²) in [6, 6.07) is 0. The monoisotopic (exact) mass is 332 g/mol. The first kappa shape index (κ1) is 16.3. The highest BCUT2D eigenvalue weighted by molar-refractivity contribution is 5.91. The number of esters is 1. The molecule has 4 aliphatic rings. The van der Waals surface area contributed by atoms with E-state index < -0.39 is 0 Å². The van der Waals surface area contributed by atoms with E-state index in [9.17, 15) is 9.90 Å². The SMILES string of the molecule is CC1(C)C2CCC3=C(C[C@H](C4=CCOC4=O)OC3)[C@@]2(C)CC[C@@H]1O. The van der Waals surface area contributed by atoms with E-state index in [-0.39, 0.29) is 29.0 Å². The Balaban J connectivity index is 1.67. The molecule has 4 atom stereocenters. The molecule has 0 spiro atoms. The molecule has 4 heteroatoms. The summed E-state index contributed by atoms with van der Waals surface area (Å²) in [6.07, 6.45) is 6.35. The summed E-state index contributed by atoms with van der Waals surface area (Å²) >= 11 is 0. The lowest BCUT2D eigenvalue weighted by Crippen LogP contribution is -2.53. The molecule has 1 saturated carbocycles. The summed E-state index contributed by atoms with van der Waals surface area (Å²) in [4.78, 5) is 11.9. The second-order valence-electron chi connectivity index (χ2n) is 8.73. The van der Waals surface area contributed by atoms with Gasteiger partial charge in [-0.2, -0.15) is 0 Å². The topological polar surface area (TPSA) is 55.8 Å². The summed E-state index contributed by atoms with van der Waals surface area (Å²) in [6.45, 7) is 7.83. The third-order valence-electron chi connectivity index (χ3n) is 7.26. The van der Waals surface area contributed by atoms with Crippen molar-refractivity contribution in [3.63, 3.8) is 0 Å². The minimum atomic E-state index is -0.221. The van der Waals surface area contributed by atoms with Crippen LogP contribution in [0.3, 0.4) is 0 Å². The van der Waals surface area contributed by atoms with Gasteiger partial charge in [-0.05, 0) is 60.5 Å². The number of carbonyl (C=O) groups excluding carboxylic acids is 1. The molecule has 0 saturated heterocycles. The van der Waals surface area contributed by atoms with E-state index in [1.165, 1.54) is 11.1 Å². The predicted octanol–water partition coefficient (Wildman–Crippen LogP) is 3.15. The third kappa shape index (κ3) is 2.22. The predicted molar refractivity (Wildman–Crippen MR) is 90.3 cm³/mol. The van der Waals surface area contributed by atoms with Crippen LogP contribution in [-0.4, -0.2) is 36.5 Å². The van der Waals surface area contributed by atoms with E-state index in [2.05, 4.69) is 20.8 Å². The Kier molecular flexibility index (Phi) is 3.70. The van der Waals surface area contributed by atoms with Gasteiger partial charge in [0.25, 0.3) is 0 Å². The fraction of sp³-hybridized carbons (Fsp3) is 0.750. The molecule has 2 aliphatic carbocycles. The van der Waals surface area contributed by atoms with Crippen LogP contribution in [0, 0.1) is 16.7 Å². The minimum Gasteiger partial charge on any atom is -0.458 e. The highest BCUT2D eigenvalue weighted by atomic mass is 16.5. The van der Waals surface area contributed by atoms with Crippen molar-refractivity contribution < 1.29 is 19.4 Å². The number of ether oxygens (including phenoxy) is 2.